The first-order valence-electron chi connectivity index (χ1n) is 6.14. The fraction of sp³-hybridized carbons (Fsp3) is 0.0625. The van der Waals surface area contributed by atoms with Crippen LogP contribution in [0, 0.1) is 22.7 Å². The molecule has 5 heteroatoms. The number of fused-ring (bicyclic) bond motifs is 1. The Kier molecular flexibility index (Phi) is 3.02. The molecule has 0 bridgehead atoms. The van der Waals surface area contributed by atoms with Crippen LogP contribution in [0.25, 0.3) is 22.6 Å². The first kappa shape index (κ1) is 12.7. The zero-order valence-corrected chi connectivity index (χ0v) is 11.1. The van der Waals surface area contributed by atoms with E-state index in [0.717, 1.165) is 11.3 Å². The molecule has 0 aliphatic carbocycles. The van der Waals surface area contributed by atoms with Crippen LogP contribution in [0.3, 0.4) is 0 Å². The minimum atomic E-state index is 0.280. The molecule has 0 atom stereocenters. The highest BCUT2D eigenvalue weighted by atomic mass is 16.5. The number of hydrogen-bond acceptors (Lipinski definition) is 5. The van der Waals surface area contributed by atoms with Gasteiger partial charge in [0.05, 0.1) is 18.2 Å². The van der Waals surface area contributed by atoms with Crippen LogP contribution < -0.4 is 4.74 Å². The molecule has 0 aliphatic heterocycles. The zero-order chi connectivity index (χ0) is 14.8. The summed E-state index contributed by atoms with van der Waals surface area (Å²) < 4.78 is 10.8. The molecule has 2 aromatic carbocycles. The zero-order valence-electron chi connectivity index (χ0n) is 11.1. The molecule has 0 N–H and O–H groups in total. The molecular formula is C16H9N3O2. The van der Waals surface area contributed by atoms with Crippen LogP contribution in [0.4, 0.5) is 0 Å². The molecule has 3 rings (SSSR count). The minimum absolute atomic E-state index is 0.280. The summed E-state index contributed by atoms with van der Waals surface area (Å²) in [5, 5.41) is 18.0. The van der Waals surface area contributed by atoms with Crippen molar-refractivity contribution in [1.29, 1.82) is 10.5 Å². The largest absolute Gasteiger partial charge is 0.497 e. The van der Waals surface area contributed by atoms with Crippen molar-refractivity contribution >= 4 is 11.1 Å². The standard InChI is InChI=1S/C16H9N3O2/c1-20-13-4-2-10(3-5-13)16-19-14-6-11(8-17)12(9-18)7-15(14)21-16/h2-7H,1H3. The molecular weight excluding hydrogens is 266 g/mol. The van der Waals surface area contributed by atoms with E-state index < -0.39 is 0 Å². The Morgan fingerprint density at radius 1 is 1.05 bits per heavy atom. The van der Waals surface area contributed by atoms with Gasteiger partial charge < -0.3 is 9.15 Å². The van der Waals surface area contributed by atoms with E-state index in [-0.39, 0.29) is 5.56 Å². The number of ether oxygens (including phenoxy) is 1. The van der Waals surface area contributed by atoms with E-state index >= 15 is 0 Å². The average molecular weight is 275 g/mol. The molecule has 21 heavy (non-hydrogen) atoms. The second-order valence-corrected chi connectivity index (χ2v) is 4.34. The van der Waals surface area contributed by atoms with Crippen molar-refractivity contribution in [2.24, 2.45) is 0 Å². The number of oxazole rings is 1. The van der Waals surface area contributed by atoms with Crippen molar-refractivity contribution in [2.75, 3.05) is 7.11 Å². The van der Waals surface area contributed by atoms with Crippen molar-refractivity contribution in [3.05, 3.63) is 47.5 Å². The van der Waals surface area contributed by atoms with Crippen molar-refractivity contribution in [1.82, 2.24) is 4.98 Å². The first-order chi connectivity index (χ1) is 10.2. The first-order valence-corrected chi connectivity index (χ1v) is 6.14. The lowest BCUT2D eigenvalue weighted by molar-refractivity contribution is 0.415. The van der Waals surface area contributed by atoms with Gasteiger partial charge in [0, 0.05) is 11.6 Å². The number of rotatable bonds is 2. The van der Waals surface area contributed by atoms with E-state index in [1.807, 2.05) is 36.4 Å². The maximum absolute atomic E-state index is 9.02. The van der Waals surface area contributed by atoms with Gasteiger partial charge >= 0.3 is 0 Å². The molecule has 3 aromatic rings. The summed E-state index contributed by atoms with van der Waals surface area (Å²) >= 11 is 0. The van der Waals surface area contributed by atoms with Crippen LogP contribution in [0.1, 0.15) is 11.1 Å². The normalized spacial score (nSPS) is 10.0. The Bertz CT molecular complexity index is 845. The molecule has 1 aromatic heterocycles. The molecule has 1 heterocycles. The molecule has 0 saturated carbocycles. The van der Waals surface area contributed by atoms with Gasteiger partial charge in [-0.3, -0.25) is 0 Å². The van der Waals surface area contributed by atoms with E-state index in [2.05, 4.69) is 4.98 Å². The van der Waals surface area contributed by atoms with Crippen molar-refractivity contribution in [3.63, 3.8) is 0 Å². The van der Waals surface area contributed by atoms with Gasteiger partial charge in [-0.25, -0.2) is 4.98 Å². The van der Waals surface area contributed by atoms with Crippen LogP contribution in [-0.4, -0.2) is 12.1 Å². The van der Waals surface area contributed by atoms with Gasteiger partial charge in [-0.15, -0.1) is 0 Å². The van der Waals surface area contributed by atoms with Crippen molar-refractivity contribution in [2.45, 2.75) is 0 Å². The minimum Gasteiger partial charge on any atom is -0.497 e. The Morgan fingerprint density at radius 2 is 1.71 bits per heavy atom. The predicted molar refractivity (Wildman–Crippen MR) is 75.4 cm³/mol. The maximum atomic E-state index is 9.02. The Hall–Kier alpha value is -3.31. The third-order valence-electron chi connectivity index (χ3n) is 3.11. The van der Waals surface area contributed by atoms with Gasteiger partial charge in [0.15, 0.2) is 5.58 Å². The molecule has 0 fully saturated rings. The number of aromatic nitrogens is 1. The van der Waals surface area contributed by atoms with E-state index in [9.17, 15) is 0 Å². The smallest absolute Gasteiger partial charge is 0.227 e. The van der Waals surface area contributed by atoms with Crippen LogP contribution in [-0.2, 0) is 0 Å². The summed E-state index contributed by atoms with van der Waals surface area (Å²) in [4.78, 5) is 4.35. The Balaban J connectivity index is 2.12. The topological polar surface area (TPSA) is 82.8 Å². The maximum Gasteiger partial charge on any atom is 0.227 e. The van der Waals surface area contributed by atoms with E-state index in [4.69, 9.17) is 19.7 Å². The molecule has 100 valence electrons. The second-order valence-electron chi connectivity index (χ2n) is 4.34. The van der Waals surface area contributed by atoms with E-state index in [1.165, 1.54) is 6.07 Å². The quantitative estimate of drug-likeness (QED) is 0.716. The van der Waals surface area contributed by atoms with Gasteiger partial charge in [-0.05, 0) is 30.3 Å². The molecule has 0 aliphatic rings. The van der Waals surface area contributed by atoms with Crippen LogP contribution in [0.5, 0.6) is 5.75 Å². The Morgan fingerprint density at radius 3 is 2.33 bits per heavy atom. The summed E-state index contributed by atoms with van der Waals surface area (Å²) in [5.41, 5.74) is 2.40. The highest BCUT2D eigenvalue weighted by Crippen LogP contribution is 2.27. The lowest BCUT2D eigenvalue weighted by Gasteiger charge is -1.99. The van der Waals surface area contributed by atoms with Crippen LogP contribution >= 0.6 is 0 Å². The molecule has 5 nitrogen and oxygen atoms in total. The van der Waals surface area contributed by atoms with E-state index in [0.29, 0.717) is 22.6 Å². The molecule has 0 spiro atoms. The lowest BCUT2D eigenvalue weighted by Crippen LogP contribution is -1.83. The molecule has 0 saturated heterocycles. The summed E-state index contributed by atoms with van der Waals surface area (Å²) in [5.74, 6) is 1.18. The monoisotopic (exact) mass is 275 g/mol. The number of hydrogen-bond donors (Lipinski definition) is 0. The third-order valence-corrected chi connectivity index (χ3v) is 3.11. The molecule has 0 unspecified atom stereocenters. The number of methoxy groups -OCH3 is 1. The predicted octanol–water partition coefficient (Wildman–Crippen LogP) is 3.25. The highest BCUT2D eigenvalue weighted by Gasteiger charge is 2.12. The van der Waals surface area contributed by atoms with Crippen LogP contribution in [0.15, 0.2) is 40.8 Å². The summed E-state index contributed by atoms with van der Waals surface area (Å²) in [6, 6.07) is 14.3. The van der Waals surface area contributed by atoms with Crippen molar-refractivity contribution in [3.8, 4) is 29.3 Å². The number of nitrogens with zero attached hydrogens (tertiary/aromatic N) is 3. The SMILES string of the molecule is COc1ccc(-c2nc3cc(C#N)c(C#N)cc3o2)cc1. The summed E-state index contributed by atoms with van der Waals surface area (Å²) in [6.07, 6.45) is 0. The number of benzene rings is 2. The Labute approximate surface area is 120 Å². The van der Waals surface area contributed by atoms with Gasteiger partial charge in [-0.1, -0.05) is 0 Å². The molecule has 0 amide bonds. The van der Waals surface area contributed by atoms with Gasteiger partial charge in [0.25, 0.3) is 0 Å². The van der Waals surface area contributed by atoms with Gasteiger partial charge in [-0.2, -0.15) is 10.5 Å². The van der Waals surface area contributed by atoms with Crippen LogP contribution in [0.2, 0.25) is 0 Å². The summed E-state index contributed by atoms with van der Waals surface area (Å²) in [6.45, 7) is 0. The molecule has 0 radical (unpaired) electrons. The third kappa shape index (κ3) is 2.18. The van der Waals surface area contributed by atoms with Gasteiger partial charge in [0.1, 0.15) is 23.4 Å². The number of nitriles is 2. The summed E-state index contributed by atoms with van der Waals surface area (Å²) in [7, 11) is 1.60. The second kappa shape index (κ2) is 4.99. The van der Waals surface area contributed by atoms with Gasteiger partial charge in [0.2, 0.25) is 5.89 Å². The van der Waals surface area contributed by atoms with Crippen molar-refractivity contribution < 1.29 is 9.15 Å². The van der Waals surface area contributed by atoms with E-state index in [1.54, 1.807) is 13.2 Å². The lowest BCUT2D eigenvalue weighted by atomic mass is 10.1. The average Bonchev–Trinajstić information content (AvgIpc) is 2.96. The fourth-order valence-corrected chi connectivity index (χ4v) is 2.02. The fourth-order valence-electron chi connectivity index (χ4n) is 2.02. The highest BCUT2D eigenvalue weighted by molar-refractivity contribution is 5.80.